The van der Waals surface area contributed by atoms with E-state index in [1.807, 2.05) is 60.3 Å². The van der Waals surface area contributed by atoms with Crippen molar-refractivity contribution in [2.45, 2.75) is 18.9 Å². The number of carbonyl (C=O) groups excluding carboxylic acids is 3. The van der Waals surface area contributed by atoms with Crippen molar-refractivity contribution >= 4 is 17.7 Å². The van der Waals surface area contributed by atoms with Crippen molar-refractivity contribution in [3.63, 3.8) is 0 Å². The topological polar surface area (TPSA) is 84.3 Å². The summed E-state index contributed by atoms with van der Waals surface area (Å²) in [7, 11) is 1.86. The van der Waals surface area contributed by atoms with E-state index in [-0.39, 0.29) is 36.1 Å². The van der Waals surface area contributed by atoms with Crippen LogP contribution >= 0.6 is 0 Å². The Labute approximate surface area is 163 Å². The van der Waals surface area contributed by atoms with Crippen LogP contribution in [0.25, 0.3) is 0 Å². The Morgan fingerprint density at radius 3 is 2.36 bits per heavy atom. The fourth-order valence-electron chi connectivity index (χ4n) is 3.97. The number of nitrogens with zero attached hydrogens (tertiary/aromatic N) is 3. The lowest BCUT2D eigenvalue weighted by molar-refractivity contribution is -0.143. The molecule has 0 bridgehead atoms. The van der Waals surface area contributed by atoms with Gasteiger partial charge in [0.25, 0.3) is 0 Å². The van der Waals surface area contributed by atoms with Gasteiger partial charge in [0.05, 0.1) is 11.8 Å². The van der Waals surface area contributed by atoms with Crippen molar-refractivity contribution in [3.05, 3.63) is 66.3 Å². The number of nitrogens with one attached hydrogen (secondary N) is 1. The van der Waals surface area contributed by atoms with E-state index in [2.05, 4.69) is 10.3 Å². The molecular weight excluding hydrogens is 356 g/mol. The molecule has 1 aromatic heterocycles. The molecule has 1 aliphatic carbocycles. The number of aryl methyl sites for hydroxylation is 1. The van der Waals surface area contributed by atoms with Crippen LogP contribution in [0.2, 0.25) is 0 Å². The molecule has 7 heteroatoms. The van der Waals surface area contributed by atoms with Gasteiger partial charge in [-0.1, -0.05) is 42.5 Å². The molecule has 1 saturated heterocycles. The van der Waals surface area contributed by atoms with E-state index in [4.69, 9.17) is 0 Å². The zero-order chi connectivity index (χ0) is 19.7. The third-order valence-electron chi connectivity index (χ3n) is 5.46. The lowest BCUT2D eigenvalue weighted by Gasteiger charge is -2.21. The van der Waals surface area contributed by atoms with Crippen LogP contribution < -0.4 is 5.32 Å². The second kappa shape index (κ2) is 7.42. The molecule has 28 heavy (non-hydrogen) atoms. The van der Waals surface area contributed by atoms with E-state index in [9.17, 15) is 14.4 Å². The van der Waals surface area contributed by atoms with Crippen LogP contribution in [0, 0.1) is 11.8 Å². The Bertz CT molecular complexity index is 908. The van der Waals surface area contributed by atoms with Gasteiger partial charge in [-0.25, -0.2) is 4.98 Å². The summed E-state index contributed by atoms with van der Waals surface area (Å²) in [5.41, 5.74) is 0.877. The van der Waals surface area contributed by atoms with E-state index in [1.54, 1.807) is 6.20 Å². The third kappa shape index (κ3) is 3.24. The summed E-state index contributed by atoms with van der Waals surface area (Å²) in [6.07, 6.45) is 8.47. The smallest absolute Gasteiger partial charge is 0.241 e. The largest absolute Gasteiger partial charge is 0.341 e. The van der Waals surface area contributed by atoms with Crippen molar-refractivity contribution in [2.24, 2.45) is 18.9 Å². The molecule has 4 rings (SSSR count). The van der Waals surface area contributed by atoms with Crippen LogP contribution in [0.3, 0.4) is 0 Å². The molecule has 2 aliphatic rings. The van der Waals surface area contributed by atoms with Gasteiger partial charge in [-0.15, -0.1) is 0 Å². The molecule has 1 fully saturated rings. The molecule has 3 atom stereocenters. The van der Waals surface area contributed by atoms with Gasteiger partial charge >= 0.3 is 0 Å². The maximum absolute atomic E-state index is 12.8. The number of likely N-dealkylation sites (tertiary alicyclic amines) is 1. The lowest BCUT2D eigenvalue weighted by Crippen LogP contribution is -2.42. The van der Waals surface area contributed by atoms with E-state index in [1.165, 1.54) is 0 Å². The Kier molecular flexibility index (Phi) is 4.81. The zero-order valence-corrected chi connectivity index (χ0v) is 15.6. The number of hydrogen-bond acceptors (Lipinski definition) is 4. The predicted molar refractivity (Wildman–Crippen MR) is 102 cm³/mol. The Morgan fingerprint density at radius 2 is 1.79 bits per heavy atom. The lowest BCUT2D eigenvalue weighted by atomic mass is 9.85. The van der Waals surface area contributed by atoms with Crippen molar-refractivity contribution in [1.29, 1.82) is 0 Å². The van der Waals surface area contributed by atoms with Crippen LogP contribution in [0.4, 0.5) is 0 Å². The van der Waals surface area contributed by atoms with Crippen molar-refractivity contribution in [1.82, 2.24) is 19.8 Å². The number of allylic oxidation sites excluding steroid dienone is 2. The zero-order valence-electron chi connectivity index (χ0n) is 15.6. The molecule has 2 aromatic rings. The predicted octanol–water partition coefficient (Wildman–Crippen LogP) is 1.58. The van der Waals surface area contributed by atoms with E-state index < -0.39 is 6.04 Å². The number of imide groups is 1. The van der Waals surface area contributed by atoms with E-state index in [0.717, 1.165) is 10.5 Å². The fraction of sp³-hybridized carbons (Fsp3) is 0.333. The molecule has 0 radical (unpaired) electrons. The van der Waals surface area contributed by atoms with Gasteiger partial charge in [0.2, 0.25) is 17.7 Å². The van der Waals surface area contributed by atoms with Gasteiger partial charge in [-0.2, -0.15) is 0 Å². The van der Waals surface area contributed by atoms with Crippen LogP contribution in [-0.4, -0.2) is 38.7 Å². The molecule has 1 N–H and O–H groups in total. The molecule has 0 saturated carbocycles. The molecule has 2 heterocycles. The van der Waals surface area contributed by atoms with Crippen LogP contribution in [-0.2, 0) is 21.4 Å². The first kappa shape index (κ1) is 18.2. The monoisotopic (exact) mass is 378 g/mol. The highest BCUT2D eigenvalue weighted by atomic mass is 16.2. The van der Waals surface area contributed by atoms with Gasteiger partial charge < -0.3 is 9.88 Å². The first-order chi connectivity index (χ1) is 13.6. The average molecular weight is 378 g/mol. The van der Waals surface area contributed by atoms with Gasteiger partial charge in [-0.05, 0) is 18.4 Å². The highest BCUT2D eigenvalue weighted by Crippen LogP contribution is 2.34. The van der Waals surface area contributed by atoms with Gasteiger partial charge in [-0.3, -0.25) is 19.3 Å². The molecule has 144 valence electrons. The minimum Gasteiger partial charge on any atom is -0.341 e. The molecule has 3 amide bonds. The van der Waals surface area contributed by atoms with Crippen LogP contribution in [0.15, 0.2) is 54.9 Å². The second-order valence-electron chi connectivity index (χ2n) is 7.23. The number of rotatable bonds is 5. The van der Waals surface area contributed by atoms with E-state index >= 15 is 0 Å². The minimum absolute atomic E-state index is 0.247. The van der Waals surface area contributed by atoms with Gasteiger partial charge in [0, 0.05) is 19.4 Å². The number of amides is 3. The summed E-state index contributed by atoms with van der Waals surface area (Å²) >= 11 is 0. The molecular formula is C21H22N4O3. The number of benzene rings is 1. The average Bonchev–Trinajstić information content (AvgIpc) is 3.24. The van der Waals surface area contributed by atoms with Crippen molar-refractivity contribution in [3.8, 4) is 0 Å². The SMILES string of the molecule is Cn1ccnc1[C@H](NC(=O)CN1C(=O)[C@@H]2CC=CC[C@H]2C1=O)c1ccccc1. The summed E-state index contributed by atoms with van der Waals surface area (Å²) in [4.78, 5) is 43.4. The number of carbonyl (C=O) groups is 3. The number of fused-ring (bicyclic) bond motifs is 1. The van der Waals surface area contributed by atoms with Crippen LogP contribution in [0.1, 0.15) is 30.3 Å². The summed E-state index contributed by atoms with van der Waals surface area (Å²) in [5.74, 6) is -0.860. The van der Waals surface area contributed by atoms with Crippen molar-refractivity contribution < 1.29 is 14.4 Å². The van der Waals surface area contributed by atoms with E-state index in [0.29, 0.717) is 18.7 Å². The summed E-state index contributed by atoms with van der Waals surface area (Å²) in [6.45, 7) is -0.265. The standard InChI is InChI=1S/C21H22N4O3/c1-24-12-11-22-19(24)18(14-7-3-2-4-8-14)23-17(26)13-25-20(27)15-9-5-6-10-16(15)21(25)28/h2-8,11-12,15-16,18H,9-10,13H2,1H3,(H,23,26)/t15-,16-,18-/m1/s1. The normalized spacial score (nSPS) is 22.2. The highest BCUT2D eigenvalue weighted by molar-refractivity contribution is 6.07. The maximum atomic E-state index is 12.8. The van der Waals surface area contributed by atoms with Crippen LogP contribution in [0.5, 0.6) is 0 Å². The Morgan fingerprint density at radius 1 is 1.14 bits per heavy atom. The minimum atomic E-state index is -0.467. The fourth-order valence-corrected chi connectivity index (χ4v) is 3.97. The molecule has 7 nitrogen and oxygen atoms in total. The summed E-state index contributed by atoms with van der Waals surface area (Å²) in [6, 6.07) is 9.03. The number of imidazole rings is 1. The van der Waals surface area contributed by atoms with Gasteiger partial charge in [0.1, 0.15) is 18.4 Å². The number of aromatic nitrogens is 2. The van der Waals surface area contributed by atoms with Crippen molar-refractivity contribution in [2.75, 3.05) is 6.54 Å². The first-order valence-corrected chi connectivity index (χ1v) is 9.38. The summed E-state index contributed by atoms with van der Waals surface area (Å²) in [5, 5.41) is 2.94. The highest BCUT2D eigenvalue weighted by Gasteiger charge is 2.47. The molecule has 0 unspecified atom stereocenters. The molecule has 1 aromatic carbocycles. The maximum Gasteiger partial charge on any atom is 0.241 e. The Hall–Kier alpha value is -3.22. The third-order valence-corrected chi connectivity index (χ3v) is 5.46. The quantitative estimate of drug-likeness (QED) is 0.632. The summed E-state index contributed by atoms with van der Waals surface area (Å²) < 4.78 is 1.84. The first-order valence-electron chi connectivity index (χ1n) is 9.38. The Balaban J connectivity index is 1.52. The number of hydrogen-bond donors (Lipinski definition) is 1. The molecule has 1 aliphatic heterocycles. The molecule has 0 spiro atoms. The second-order valence-corrected chi connectivity index (χ2v) is 7.23. The van der Waals surface area contributed by atoms with Gasteiger partial charge in [0.15, 0.2) is 0 Å².